The molecule has 4 rings (SSSR count). The minimum atomic E-state index is -3.51. The second-order valence-corrected chi connectivity index (χ2v) is 11.5. The molecule has 0 saturated carbocycles. The van der Waals surface area contributed by atoms with Gasteiger partial charge in [0.1, 0.15) is 0 Å². The summed E-state index contributed by atoms with van der Waals surface area (Å²) in [6, 6.07) is 11.5. The maximum absolute atomic E-state index is 13.2. The van der Waals surface area contributed by atoms with Crippen LogP contribution < -0.4 is 0 Å². The molecule has 1 aromatic carbocycles. The highest BCUT2D eigenvalue weighted by Crippen LogP contribution is 2.37. The molecule has 1 amide bonds. The summed E-state index contributed by atoms with van der Waals surface area (Å²) in [4.78, 5) is 16.8. The maximum atomic E-state index is 13.2. The second-order valence-electron chi connectivity index (χ2n) is 8.61. The Kier molecular flexibility index (Phi) is 6.32. The molecule has 0 radical (unpaired) electrons. The van der Waals surface area contributed by atoms with Crippen LogP contribution in [-0.4, -0.2) is 43.2 Å². The Morgan fingerprint density at radius 3 is 2.33 bits per heavy atom. The summed E-state index contributed by atoms with van der Waals surface area (Å²) in [5, 5.41) is 2.06. The first kappa shape index (κ1) is 21.5. The lowest BCUT2D eigenvalue weighted by Crippen LogP contribution is -2.44. The summed E-state index contributed by atoms with van der Waals surface area (Å²) >= 11 is 1.71. The van der Waals surface area contributed by atoms with E-state index in [1.54, 1.807) is 27.8 Å². The van der Waals surface area contributed by atoms with Crippen molar-refractivity contribution in [3.8, 4) is 0 Å². The zero-order chi connectivity index (χ0) is 21.3. The van der Waals surface area contributed by atoms with E-state index in [1.807, 2.05) is 23.1 Å². The van der Waals surface area contributed by atoms with Gasteiger partial charge in [0.25, 0.3) is 0 Å². The Morgan fingerprint density at radius 1 is 1.03 bits per heavy atom. The number of carbonyl (C=O) groups excluding carboxylic acids is 1. The highest BCUT2D eigenvalue weighted by Gasteiger charge is 2.37. The van der Waals surface area contributed by atoms with Gasteiger partial charge in [-0.3, -0.25) is 4.79 Å². The first-order valence-corrected chi connectivity index (χ1v) is 13.1. The summed E-state index contributed by atoms with van der Waals surface area (Å²) in [5.41, 5.74) is 1.13. The predicted octanol–water partition coefficient (Wildman–Crippen LogP) is 4.64. The number of rotatable bonds is 5. The van der Waals surface area contributed by atoms with E-state index in [0.29, 0.717) is 36.7 Å². The first-order valence-electron chi connectivity index (χ1n) is 10.8. The quantitative estimate of drug-likeness (QED) is 0.672. The van der Waals surface area contributed by atoms with Crippen LogP contribution in [0.3, 0.4) is 0 Å². The fraction of sp³-hybridized carbons (Fsp3) is 0.522. The molecule has 2 fully saturated rings. The van der Waals surface area contributed by atoms with Gasteiger partial charge in [-0.05, 0) is 60.7 Å². The van der Waals surface area contributed by atoms with Crippen molar-refractivity contribution in [2.75, 3.05) is 19.6 Å². The van der Waals surface area contributed by atoms with Crippen molar-refractivity contribution in [1.29, 1.82) is 0 Å². The van der Waals surface area contributed by atoms with Crippen molar-refractivity contribution < 1.29 is 13.2 Å². The van der Waals surface area contributed by atoms with Crippen LogP contribution >= 0.6 is 11.3 Å². The Bertz CT molecular complexity index is 960. The molecule has 7 heteroatoms. The normalized spacial score (nSPS) is 21.4. The van der Waals surface area contributed by atoms with Crippen molar-refractivity contribution in [2.45, 2.75) is 56.4 Å². The minimum Gasteiger partial charge on any atom is -0.335 e. The van der Waals surface area contributed by atoms with Crippen LogP contribution in [0, 0.1) is 5.92 Å². The lowest BCUT2D eigenvalue weighted by atomic mass is 9.96. The molecule has 1 aromatic heterocycles. The summed E-state index contributed by atoms with van der Waals surface area (Å²) in [5.74, 6) is 0.483. The molecule has 5 nitrogen and oxygen atoms in total. The van der Waals surface area contributed by atoms with Crippen molar-refractivity contribution >= 4 is 27.3 Å². The van der Waals surface area contributed by atoms with E-state index in [-0.39, 0.29) is 17.9 Å². The number of sulfonamides is 1. The molecule has 0 spiro atoms. The van der Waals surface area contributed by atoms with E-state index in [4.69, 9.17) is 0 Å². The molecule has 30 heavy (non-hydrogen) atoms. The van der Waals surface area contributed by atoms with Crippen LogP contribution in [0.4, 0.5) is 0 Å². The van der Waals surface area contributed by atoms with E-state index in [2.05, 4.69) is 25.3 Å². The molecule has 2 aliphatic heterocycles. The Morgan fingerprint density at radius 2 is 1.73 bits per heavy atom. The zero-order valence-electron chi connectivity index (χ0n) is 17.7. The standard InChI is InChI=1S/C23H30N2O3S2/c1-17(2)18-7-9-20(10-8-18)30(27,28)24-14-11-19(12-15-24)23(26)25-13-3-5-21(25)22-6-4-16-29-22/h4,6-10,16-17,19,21H,3,5,11-15H2,1-2H3/t21-/m1/s1. The van der Waals surface area contributed by atoms with E-state index in [9.17, 15) is 13.2 Å². The van der Waals surface area contributed by atoms with Crippen molar-refractivity contribution in [1.82, 2.24) is 9.21 Å². The fourth-order valence-electron chi connectivity index (χ4n) is 4.56. The van der Waals surface area contributed by atoms with Gasteiger partial charge in [-0.25, -0.2) is 8.42 Å². The number of thiophene rings is 1. The van der Waals surface area contributed by atoms with E-state index in [0.717, 1.165) is 24.9 Å². The van der Waals surface area contributed by atoms with Gasteiger partial charge in [0.2, 0.25) is 15.9 Å². The molecule has 2 aliphatic rings. The number of hydrogen-bond acceptors (Lipinski definition) is 4. The summed E-state index contributed by atoms with van der Waals surface area (Å²) < 4.78 is 27.6. The third kappa shape index (κ3) is 4.20. The van der Waals surface area contributed by atoms with Gasteiger partial charge in [-0.2, -0.15) is 4.31 Å². The largest absolute Gasteiger partial charge is 0.335 e. The lowest BCUT2D eigenvalue weighted by molar-refractivity contribution is -0.137. The van der Waals surface area contributed by atoms with Crippen LogP contribution in [0.1, 0.15) is 61.9 Å². The van der Waals surface area contributed by atoms with Gasteiger partial charge >= 0.3 is 0 Å². The van der Waals surface area contributed by atoms with E-state index < -0.39 is 10.0 Å². The topological polar surface area (TPSA) is 57.7 Å². The maximum Gasteiger partial charge on any atom is 0.243 e. The van der Waals surface area contributed by atoms with Gasteiger partial charge in [-0.1, -0.05) is 32.0 Å². The number of amides is 1. The van der Waals surface area contributed by atoms with Crippen LogP contribution in [0.2, 0.25) is 0 Å². The Balaban J connectivity index is 1.40. The Labute approximate surface area is 183 Å². The number of likely N-dealkylation sites (tertiary alicyclic amines) is 1. The molecule has 162 valence electrons. The van der Waals surface area contributed by atoms with E-state index in [1.165, 1.54) is 4.88 Å². The average Bonchev–Trinajstić information content (AvgIpc) is 3.45. The fourth-order valence-corrected chi connectivity index (χ4v) is 6.90. The molecule has 2 aromatic rings. The number of piperidine rings is 1. The van der Waals surface area contributed by atoms with Gasteiger partial charge in [-0.15, -0.1) is 11.3 Å². The minimum absolute atomic E-state index is 0.0830. The third-order valence-electron chi connectivity index (χ3n) is 6.40. The van der Waals surface area contributed by atoms with Crippen molar-refractivity contribution in [2.24, 2.45) is 5.92 Å². The highest BCUT2D eigenvalue weighted by molar-refractivity contribution is 7.89. The number of benzene rings is 1. The molecule has 0 N–H and O–H groups in total. The molecule has 0 unspecified atom stereocenters. The number of carbonyl (C=O) groups is 1. The van der Waals surface area contributed by atoms with Crippen molar-refractivity contribution in [3.05, 3.63) is 52.2 Å². The molecule has 0 aliphatic carbocycles. The van der Waals surface area contributed by atoms with Crippen LogP contribution in [-0.2, 0) is 14.8 Å². The zero-order valence-corrected chi connectivity index (χ0v) is 19.3. The van der Waals surface area contributed by atoms with Crippen LogP contribution in [0.15, 0.2) is 46.7 Å². The molecule has 1 atom stereocenters. The van der Waals surface area contributed by atoms with Crippen LogP contribution in [0.5, 0.6) is 0 Å². The summed E-state index contributed by atoms with van der Waals surface area (Å²) in [7, 11) is -3.51. The number of nitrogens with zero attached hydrogens (tertiary/aromatic N) is 2. The first-order chi connectivity index (χ1) is 14.4. The third-order valence-corrected chi connectivity index (χ3v) is 9.28. The van der Waals surface area contributed by atoms with Gasteiger partial charge in [0.05, 0.1) is 10.9 Å². The van der Waals surface area contributed by atoms with Gasteiger partial charge < -0.3 is 4.90 Å². The predicted molar refractivity (Wildman–Crippen MR) is 120 cm³/mol. The summed E-state index contributed by atoms with van der Waals surface area (Å²) in [6.45, 7) is 5.80. The molecule has 0 bridgehead atoms. The van der Waals surface area contributed by atoms with Gasteiger partial charge in [0, 0.05) is 30.4 Å². The Hall–Kier alpha value is -1.70. The van der Waals surface area contributed by atoms with Crippen LogP contribution in [0.25, 0.3) is 0 Å². The molecular formula is C23H30N2O3S2. The number of hydrogen-bond donors (Lipinski definition) is 0. The molecule has 2 saturated heterocycles. The molecular weight excluding hydrogens is 416 g/mol. The average molecular weight is 447 g/mol. The highest BCUT2D eigenvalue weighted by atomic mass is 32.2. The lowest BCUT2D eigenvalue weighted by Gasteiger charge is -2.34. The SMILES string of the molecule is CC(C)c1ccc(S(=O)(=O)N2CCC(C(=O)N3CCC[C@@H]3c3cccs3)CC2)cc1. The monoisotopic (exact) mass is 446 g/mol. The van der Waals surface area contributed by atoms with E-state index >= 15 is 0 Å². The smallest absolute Gasteiger partial charge is 0.243 e. The summed E-state index contributed by atoms with van der Waals surface area (Å²) in [6.07, 6.45) is 3.24. The molecule has 3 heterocycles. The second kappa shape index (κ2) is 8.81. The van der Waals surface area contributed by atoms with Gasteiger partial charge in [0.15, 0.2) is 0 Å². The van der Waals surface area contributed by atoms with Crippen molar-refractivity contribution in [3.63, 3.8) is 0 Å².